The first-order valence-electron chi connectivity index (χ1n) is 8.98. The molecule has 1 amide bonds. The number of carbonyl (C=O) groups is 1. The molecule has 1 fully saturated rings. The van der Waals surface area contributed by atoms with Gasteiger partial charge in [-0.15, -0.1) is 0 Å². The van der Waals surface area contributed by atoms with E-state index in [-0.39, 0.29) is 11.9 Å². The van der Waals surface area contributed by atoms with E-state index >= 15 is 0 Å². The van der Waals surface area contributed by atoms with Gasteiger partial charge in [-0.05, 0) is 50.1 Å². The molecule has 4 rings (SSSR count). The van der Waals surface area contributed by atoms with Gasteiger partial charge in [-0.2, -0.15) is 0 Å². The van der Waals surface area contributed by atoms with Crippen molar-refractivity contribution >= 4 is 16.8 Å². The Morgan fingerprint density at radius 1 is 1.23 bits per heavy atom. The molecule has 1 aromatic carbocycles. The Hall–Kier alpha value is -2.79. The Balaban J connectivity index is 1.82. The zero-order chi connectivity index (χ0) is 18.1. The van der Waals surface area contributed by atoms with Gasteiger partial charge in [-0.3, -0.25) is 9.78 Å². The van der Waals surface area contributed by atoms with Crippen LogP contribution in [0.25, 0.3) is 22.2 Å². The number of amides is 1. The third kappa shape index (κ3) is 2.95. The van der Waals surface area contributed by atoms with Crippen molar-refractivity contribution in [1.29, 1.82) is 0 Å². The molecule has 0 spiro atoms. The van der Waals surface area contributed by atoms with Gasteiger partial charge in [0, 0.05) is 35.9 Å². The van der Waals surface area contributed by atoms with Crippen LogP contribution in [0, 0.1) is 5.92 Å². The smallest absolute Gasteiger partial charge is 0.254 e. The Kier molecular flexibility index (Phi) is 4.39. The molecule has 1 aliphatic heterocycles. The van der Waals surface area contributed by atoms with Crippen LogP contribution < -0.4 is 5.73 Å². The highest BCUT2D eigenvalue weighted by Gasteiger charge is 2.33. The second-order valence-electron chi connectivity index (χ2n) is 6.95. The first kappa shape index (κ1) is 16.7. The van der Waals surface area contributed by atoms with Crippen molar-refractivity contribution < 1.29 is 4.79 Å². The predicted molar refractivity (Wildman–Crippen MR) is 103 cm³/mol. The van der Waals surface area contributed by atoms with Crippen molar-refractivity contribution in [3.05, 3.63) is 60.4 Å². The van der Waals surface area contributed by atoms with Crippen molar-refractivity contribution in [2.75, 3.05) is 13.1 Å². The highest BCUT2D eigenvalue weighted by Crippen LogP contribution is 2.29. The molecular formula is C21H22N4O. The minimum absolute atomic E-state index is 0.0577. The Morgan fingerprint density at radius 2 is 2.00 bits per heavy atom. The summed E-state index contributed by atoms with van der Waals surface area (Å²) < 4.78 is 0. The lowest BCUT2D eigenvalue weighted by Gasteiger charge is -2.22. The summed E-state index contributed by atoms with van der Waals surface area (Å²) in [7, 11) is 0. The van der Waals surface area contributed by atoms with Crippen molar-refractivity contribution in [3.8, 4) is 11.3 Å². The van der Waals surface area contributed by atoms with Crippen LogP contribution in [-0.4, -0.2) is 39.9 Å². The maximum Gasteiger partial charge on any atom is 0.254 e. The Morgan fingerprint density at radius 3 is 2.73 bits per heavy atom. The maximum absolute atomic E-state index is 13.4. The molecular weight excluding hydrogens is 324 g/mol. The van der Waals surface area contributed by atoms with Crippen molar-refractivity contribution in [2.24, 2.45) is 11.7 Å². The third-order valence-electron chi connectivity index (χ3n) is 5.18. The monoisotopic (exact) mass is 346 g/mol. The first-order valence-corrected chi connectivity index (χ1v) is 8.98. The van der Waals surface area contributed by atoms with E-state index in [9.17, 15) is 4.79 Å². The molecule has 2 aromatic heterocycles. The number of nitrogens with two attached hydrogens (primary N) is 1. The summed E-state index contributed by atoms with van der Waals surface area (Å²) >= 11 is 0. The molecule has 0 radical (unpaired) electrons. The summed E-state index contributed by atoms with van der Waals surface area (Å²) in [6.07, 6.45) is 4.44. The molecule has 1 aliphatic rings. The molecule has 3 heterocycles. The number of fused-ring (bicyclic) bond motifs is 1. The summed E-state index contributed by atoms with van der Waals surface area (Å²) in [5, 5.41) is 0.888. The van der Waals surface area contributed by atoms with E-state index in [1.807, 2.05) is 47.4 Å². The average Bonchev–Trinajstić information content (AvgIpc) is 3.08. The molecule has 0 bridgehead atoms. The van der Waals surface area contributed by atoms with Crippen molar-refractivity contribution in [3.63, 3.8) is 0 Å². The summed E-state index contributed by atoms with van der Waals surface area (Å²) in [5.74, 6) is 0.434. The molecule has 26 heavy (non-hydrogen) atoms. The summed E-state index contributed by atoms with van der Waals surface area (Å²) in [6.45, 7) is 3.44. The lowest BCUT2D eigenvalue weighted by molar-refractivity contribution is 0.0745. The molecule has 0 aliphatic carbocycles. The van der Waals surface area contributed by atoms with Crippen LogP contribution in [-0.2, 0) is 0 Å². The fourth-order valence-electron chi connectivity index (χ4n) is 3.77. The van der Waals surface area contributed by atoms with Gasteiger partial charge in [-0.1, -0.05) is 18.2 Å². The second-order valence-corrected chi connectivity index (χ2v) is 6.95. The number of nitrogens with zero attached hydrogens (tertiary/aromatic N) is 3. The summed E-state index contributed by atoms with van der Waals surface area (Å²) in [4.78, 5) is 24.1. The van der Waals surface area contributed by atoms with Crippen LogP contribution in [0.15, 0.2) is 54.9 Å². The van der Waals surface area contributed by atoms with E-state index in [4.69, 9.17) is 10.7 Å². The number of para-hydroxylation sites is 1. The van der Waals surface area contributed by atoms with Crippen LogP contribution in [0.1, 0.15) is 23.7 Å². The van der Waals surface area contributed by atoms with Crippen LogP contribution >= 0.6 is 0 Å². The predicted octanol–water partition coefficient (Wildman–Crippen LogP) is 3.11. The van der Waals surface area contributed by atoms with Gasteiger partial charge in [0.25, 0.3) is 5.91 Å². The molecule has 2 atom stereocenters. The highest BCUT2D eigenvalue weighted by atomic mass is 16.2. The molecule has 0 saturated carbocycles. The minimum atomic E-state index is 0.0577. The van der Waals surface area contributed by atoms with Gasteiger partial charge in [0.2, 0.25) is 0 Å². The molecule has 5 nitrogen and oxygen atoms in total. The van der Waals surface area contributed by atoms with Crippen LogP contribution in [0.4, 0.5) is 0 Å². The molecule has 2 unspecified atom stereocenters. The van der Waals surface area contributed by atoms with Gasteiger partial charge in [0.15, 0.2) is 0 Å². The topological polar surface area (TPSA) is 72.1 Å². The largest absolute Gasteiger partial charge is 0.336 e. The van der Waals surface area contributed by atoms with E-state index in [1.54, 1.807) is 12.4 Å². The van der Waals surface area contributed by atoms with Crippen molar-refractivity contribution in [1.82, 2.24) is 14.9 Å². The molecule has 3 aromatic rings. The third-order valence-corrected chi connectivity index (χ3v) is 5.18. The van der Waals surface area contributed by atoms with Crippen molar-refractivity contribution in [2.45, 2.75) is 19.4 Å². The number of benzene rings is 1. The number of carbonyl (C=O) groups excluding carboxylic acids is 1. The second kappa shape index (κ2) is 6.84. The number of likely N-dealkylation sites (tertiary alicyclic amines) is 1. The number of pyridine rings is 2. The molecule has 5 heteroatoms. The fourth-order valence-corrected chi connectivity index (χ4v) is 3.77. The van der Waals surface area contributed by atoms with E-state index < -0.39 is 0 Å². The molecule has 2 N–H and O–H groups in total. The van der Waals surface area contributed by atoms with Gasteiger partial charge in [0.1, 0.15) is 0 Å². The Labute approximate surface area is 152 Å². The maximum atomic E-state index is 13.4. The molecule has 1 saturated heterocycles. The lowest BCUT2D eigenvalue weighted by atomic mass is 10.0. The Bertz CT molecular complexity index is 941. The van der Waals surface area contributed by atoms with E-state index in [2.05, 4.69) is 11.9 Å². The summed E-state index contributed by atoms with van der Waals surface area (Å²) in [6, 6.07) is 13.7. The van der Waals surface area contributed by atoms with Gasteiger partial charge in [0.05, 0.1) is 16.8 Å². The normalized spacial score (nSPS) is 19.8. The number of hydrogen-bond donors (Lipinski definition) is 1. The van der Waals surface area contributed by atoms with Crippen LogP contribution in [0.3, 0.4) is 0 Å². The zero-order valence-corrected chi connectivity index (χ0v) is 14.8. The SMILES string of the molecule is CC1CC(CN)CN1C(=O)c1cc(-c2ccncc2)nc2ccccc12. The highest BCUT2D eigenvalue weighted by molar-refractivity contribution is 6.07. The van der Waals surface area contributed by atoms with Gasteiger partial charge < -0.3 is 10.6 Å². The first-order chi connectivity index (χ1) is 12.7. The van der Waals surface area contributed by atoms with Crippen LogP contribution in [0.5, 0.6) is 0 Å². The van der Waals surface area contributed by atoms with E-state index in [1.165, 1.54) is 0 Å². The number of hydrogen-bond acceptors (Lipinski definition) is 4. The molecule has 132 valence electrons. The number of rotatable bonds is 3. The van der Waals surface area contributed by atoms with Gasteiger partial charge in [-0.25, -0.2) is 4.98 Å². The van der Waals surface area contributed by atoms with Gasteiger partial charge >= 0.3 is 0 Å². The average molecular weight is 346 g/mol. The number of aromatic nitrogens is 2. The van der Waals surface area contributed by atoms with E-state index in [0.717, 1.165) is 35.1 Å². The minimum Gasteiger partial charge on any atom is -0.336 e. The lowest BCUT2D eigenvalue weighted by Crippen LogP contribution is -2.34. The zero-order valence-electron chi connectivity index (χ0n) is 14.8. The standard InChI is InChI=1S/C21H22N4O/c1-14-10-15(12-22)13-25(14)21(26)18-11-20(16-6-8-23-9-7-16)24-19-5-3-2-4-17(18)19/h2-9,11,14-15H,10,12-13,22H2,1H3. The van der Waals surface area contributed by atoms with Crippen LogP contribution in [0.2, 0.25) is 0 Å². The van der Waals surface area contributed by atoms with E-state index in [0.29, 0.717) is 18.0 Å². The summed E-state index contributed by atoms with van der Waals surface area (Å²) in [5.41, 5.74) is 9.10. The quantitative estimate of drug-likeness (QED) is 0.791. The fraction of sp³-hybridized carbons (Fsp3) is 0.286.